The summed E-state index contributed by atoms with van der Waals surface area (Å²) in [6, 6.07) is 19.2. The molecule has 2 aliphatic rings. The van der Waals surface area contributed by atoms with Gasteiger partial charge in [-0.05, 0) is 48.2 Å². The van der Waals surface area contributed by atoms with Gasteiger partial charge in [-0.3, -0.25) is 14.9 Å². The van der Waals surface area contributed by atoms with Gasteiger partial charge in [0.2, 0.25) is 11.8 Å². The first-order valence-corrected chi connectivity index (χ1v) is 12.0. The van der Waals surface area contributed by atoms with Crippen LogP contribution in [0.15, 0.2) is 72.1 Å². The zero-order valence-corrected chi connectivity index (χ0v) is 19.6. The maximum Gasteiger partial charge on any atom is 0.331 e. The first-order valence-electron chi connectivity index (χ1n) is 11.1. The minimum atomic E-state index is -1.50. The fourth-order valence-corrected chi connectivity index (χ4v) is 5.99. The van der Waals surface area contributed by atoms with E-state index in [1.807, 2.05) is 30.5 Å². The van der Waals surface area contributed by atoms with E-state index in [1.165, 1.54) is 23.3 Å². The van der Waals surface area contributed by atoms with Gasteiger partial charge >= 0.3 is 5.97 Å². The Kier molecular flexibility index (Phi) is 5.71. The normalized spacial score (nSPS) is 25.9. The molecule has 5 rings (SSSR count). The van der Waals surface area contributed by atoms with E-state index in [0.29, 0.717) is 23.6 Å². The molecule has 0 aliphatic carbocycles. The molecule has 174 valence electrons. The van der Waals surface area contributed by atoms with E-state index in [-0.39, 0.29) is 5.91 Å². The Balaban J connectivity index is 1.66. The second-order valence-electron chi connectivity index (χ2n) is 8.25. The average Bonchev–Trinajstić information content (AvgIpc) is 3.57. The van der Waals surface area contributed by atoms with Crippen molar-refractivity contribution in [3.63, 3.8) is 0 Å². The fourth-order valence-electron chi connectivity index (χ4n) is 5.16. The first-order chi connectivity index (χ1) is 16.5. The summed E-state index contributed by atoms with van der Waals surface area (Å²) in [6.45, 7) is 2.40. The van der Waals surface area contributed by atoms with Gasteiger partial charge in [-0.15, -0.1) is 11.3 Å². The molecule has 0 saturated carbocycles. The molecule has 0 spiro atoms. The molecule has 3 aromatic rings. The minimum Gasteiger partial charge on any atom is -0.494 e. The number of hydrogen-bond donors (Lipinski definition) is 1. The largest absolute Gasteiger partial charge is 0.494 e. The third-order valence-electron chi connectivity index (χ3n) is 6.55. The second kappa shape index (κ2) is 8.70. The SMILES string of the molecule is CCOc1ccc(N2C(=O)[C@@H]3[C@@H](C2=O)[C@@](C(=O)OC)(c2ccccc2)N[C@H]3c2cccs2)cc1. The van der Waals surface area contributed by atoms with Gasteiger partial charge in [-0.25, -0.2) is 9.69 Å². The lowest BCUT2D eigenvalue weighted by atomic mass is 9.75. The van der Waals surface area contributed by atoms with Crippen molar-refractivity contribution in [1.29, 1.82) is 0 Å². The molecular formula is C26H24N2O5S. The number of anilines is 1. The highest BCUT2D eigenvalue weighted by molar-refractivity contribution is 7.10. The molecule has 1 N–H and O–H groups in total. The molecule has 1 aromatic heterocycles. The average molecular weight is 477 g/mol. The molecule has 0 unspecified atom stereocenters. The summed E-state index contributed by atoms with van der Waals surface area (Å²) in [5.41, 5.74) is -0.461. The van der Waals surface area contributed by atoms with Crippen LogP contribution in [0, 0.1) is 11.8 Å². The standard InChI is InChI=1S/C26H24N2O5S/c1-3-33-18-13-11-17(12-14-18)28-23(29)20-21(24(28)30)26(25(31)32-2,16-8-5-4-6-9-16)27-22(20)19-10-7-15-34-19/h4-15,20-22,27H,3H2,1-2H3/t20-,21+,22+,26-/m1/s1. The molecular weight excluding hydrogens is 452 g/mol. The Hall–Kier alpha value is -3.49. The zero-order valence-electron chi connectivity index (χ0n) is 18.8. The van der Waals surface area contributed by atoms with Gasteiger partial charge in [-0.2, -0.15) is 0 Å². The number of nitrogens with one attached hydrogen (secondary N) is 1. The number of thiophene rings is 1. The van der Waals surface area contributed by atoms with Crippen molar-refractivity contribution in [3.05, 3.63) is 82.6 Å². The summed E-state index contributed by atoms with van der Waals surface area (Å²) in [6.07, 6.45) is 0. The van der Waals surface area contributed by atoms with E-state index in [1.54, 1.807) is 48.5 Å². The van der Waals surface area contributed by atoms with Crippen molar-refractivity contribution < 1.29 is 23.9 Å². The molecule has 4 atom stereocenters. The van der Waals surface area contributed by atoms with E-state index in [0.717, 1.165) is 4.88 Å². The number of rotatable bonds is 6. The number of hydrogen-bond acceptors (Lipinski definition) is 7. The predicted octanol–water partition coefficient (Wildman–Crippen LogP) is 3.67. The lowest BCUT2D eigenvalue weighted by molar-refractivity contribution is -0.152. The summed E-state index contributed by atoms with van der Waals surface area (Å²) >= 11 is 1.48. The third-order valence-corrected chi connectivity index (χ3v) is 7.51. The van der Waals surface area contributed by atoms with Crippen molar-refractivity contribution in [3.8, 4) is 5.75 Å². The number of imide groups is 1. The number of carbonyl (C=O) groups excluding carboxylic acids is 3. The molecule has 2 amide bonds. The van der Waals surface area contributed by atoms with Crippen LogP contribution in [-0.4, -0.2) is 31.5 Å². The Morgan fingerprint density at radius 1 is 1.03 bits per heavy atom. The third kappa shape index (κ3) is 3.25. The van der Waals surface area contributed by atoms with Gasteiger partial charge in [0, 0.05) is 4.88 Å². The summed E-state index contributed by atoms with van der Waals surface area (Å²) in [7, 11) is 1.30. The van der Waals surface area contributed by atoms with Crippen LogP contribution in [0.2, 0.25) is 0 Å². The monoisotopic (exact) mass is 476 g/mol. The minimum absolute atomic E-state index is 0.341. The molecule has 0 bridgehead atoms. The van der Waals surface area contributed by atoms with Gasteiger partial charge in [0.1, 0.15) is 5.75 Å². The van der Waals surface area contributed by atoms with Crippen molar-refractivity contribution >= 4 is 34.8 Å². The molecule has 3 heterocycles. The van der Waals surface area contributed by atoms with Crippen LogP contribution in [-0.2, 0) is 24.7 Å². The molecule has 7 nitrogen and oxygen atoms in total. The van der Waals surface area contributed by atoms with Gasteiger partial charge in [-0.1, -0.05) is 36.4 Å². The van der Waals surface area contributed by atoms with E-state index in [2.05, 4.69) is 5.32 Å². The molecule has 2 fully saturated rings. The highest BCUT2D eigenvalue weighted by Crippen LogP contribution is 2.54. The smallest absolute Gasteiger partial charge is 0.331 e. The van der Waals surface area contributed by atoms with Crippen molar-refractivity contribution in [2.45, 2.75) is 18.5 Å². The van der Waals surface area contributed by atoms with Crippen LogP contribution < -0.4 is 15.0 Å². The highest BCUT2D eigenvalue weighted by Gasteiger charge is 2.69. The lowest BCUT2D eigenvalue weighted by Crippen LogP contribution is -2.53. The Morgan fingerprint density at radius 3 is 2.38 bits per heavy atom. The Morgan fingerprint density at radius 2 is 1.76 bits per heavy atom. The van der Waals surface area contributed by atoms with Crippen LogP contribution in [0.5, 0.6) is 5.75 Å². The molecule has 34 heavy (non-hydrogen) atoms. The van der Waals surface area contributed by atoms with Gasteiger partial charge in [0.15, 0.2) is 5.54 Å². The maximum atomic E-state index is 14.0. The van der Waals surface area contributed by atoms with Crippen molar-refractivity contribution in [2.24, 2.45) is 11.8 Å². The topological polar surface area (TPSA) is 84.9 Å². The number of nitrogens with zero attached hydrogens (tertiary/aromatic N) is 1. The predicted molar refractivity (Wildman–Crippen MR) is 127 cm³/mol. The summed E-state index contributed by atoms with van der Waals surface area (Å²) < 4.78 is 10.7. The van der Waals surface area contributed by atoms with Crippen molar-refractivity contribution in [1.82, 2.24) is 5.32 Å². The van der Waals surface area contributed by atoms with Crippen LogP contribution in [0.3, 0.4) is 0 Å². The van der Waals surface area contributed by atoms with Gasteiger partial charge < -0.3 is 9.47 Å². The van der Waals surface area contributed by atoms with Crippen LogP contribution in [0.1, 0.15) is 23.4 Å². The van der Waals surface area contributed by atoms with Crippen LogP contribution in [0.25, 0.3) is 0 Å². The van der Waals surface area contributed by atoms with Crippen LogP contribution in [0.4, 0.5) is 5.69 Å². The summed E-state index contributed by atoms with van der Waals surface area (Å²) in [4.78, 5) is 43.3. The van der Waals surface area contributed by atoms with E-state index < -0.39 is 35.3 Å². The van der Waals surface area contributed by atoms with Crippen LogP contribution >= 0.6 is 11.3 Å². The number of methoxy groups -OCH3 is 1. The lowest BCUT2D eigenvalue weighted by Gasteiger charge is -2.32. The Labute approximate surface area is 201 Å². The fraction of sp³-hybridized carbons (Fsp3) is 0.269. The number of fused-ring (bicyclic) bond motifs is 1. The molecule has 8 heteroatoms. The number of ether oxygens (including phenoxy) is 2. The number of benzene rings is 2. The molecule has 0 radical (unpaired) electrons. The van der Waals surface area contributed by atoms with Gasteiger partial charge in [0.25, 0.3) is 0 Å². The first kappa shape index (κ1) is 22.3. The second-order valence-corrected chi connectivity index (χ2v) is 9.22. The van der Waals surface area contributed by atoms with E-state index in [4.69, 9.17) is 9.47 Å². The molecule has 2 aromatic carbocycles. The quantitative estimate of drug-likeness (QED) is 0.432. The summed E-state index contributed by atoms with van der Waals surface area (Å²) in [5.74, 6) is -2.45. The molecule has 2 aliphatic heterocycles. The van der Waals surface area contributed by atoms with E-state index in [9.17, 15) is 14.4 Å². The number of carbonyl (C=O) groups is 3. The van der Waals surface area contributed by atoms with Crippen molar-refractivity contribution in [2.75, 3.05) is 18.6 Å². The highest BCUT2D eigenvalue weighted by atomic mass is 32.1. The molecule has 2 saturated heterocycles. The number of amides is 2. The van der Waals surface area contributed by atoms with Gasteiger partial charge in [0.05, 0.1) is 37.3 Å². The zero-order chi connectivity index (χ0) is 23.9. The summed E-state index contributed by atoms with van der Waals surface area (Å²) in [5, 5.41) is 5.30. The number of esters is 1. The maximum absolute atomic E-state index is 14.0. The Bertz CT molecular complexity index is 1210. The van der Waals surface area contributed by atoms with E-state index >= 15 is 0 Å².